The Kier molecular flexibility index (Phi) is 3.87. The molecule has 0 radical (unpaired) electrons. The number of hydrogen-bond acceptors (Lipinski definition) is 3. The van der Waals surface area contributed by atoms with E-state index in [1.807, 2.05) is 34.6 Å². The predicted octanol–water partition coefficient (Wildman–Crippen LogP) is 3.34. The largest absolute Gasteiger partial charge is 0.266 e. The van der Waals surface area contributed by atoms with Gasteiger partial charge in [0.25, 0.3) is 9.05 Å². The molecule has 0 amide bonds. The normalized spacial score (nSPS) is 13.4. The molecule has 17 heavy (non-hydrogen) atoms. The van der Waals surface area contributed by atoms with E-state index in [0.717, 1.165) is 0 Å². The minimum atomic E-state index is -3.89. The smallest absolute Gasteiger partial charge is 0.247 e. The molecule has 7 heteroatoms. The van der Waals surface area contributed by atoms with Crippen molar-refractivity contribution in [3.63, 3.8) is 0 Å². The quantitative estimate of drug-likeness (QED) is 0.787. The number of hydrogen-bond donors (Lipinski definition) is 0. The summed E-state index contributed by atoms with van der Waals surface area (Å²) in [4.78, 5) is -0.0780. The zero-order chi connectivity index (χ0) is 13.6. The number of halogens is 2. The average Bonchev–Trinajstić information content (AvgIpc) is 2.40. The third-order valence-electron chi connectivity index (χ3n) is 2.24. The van der Waals surface area contributed by atoms with Crippen molar-refractivity contribution >= 4 is 31.3 Å². The molecule has 0 aliphatic heterocycles. The highest BCUT2D eigenvalue weighted by Crippen LogP contribution is 2.35. The van der Waals surface area contributed by atoms with Crippen molar-refractivity contribution in [1.82, 2.24) is 9.78 Å². The molecular formula is C10H16Cl2N2O2S. The van der Waals surface area contributed by atoms with E-state index in [1.165, 1.54) is 4.68 Å². The van der Waals surface area contributed by atoms with Gasteiger partial charge in [-0.05, 0) is 26.7 Å². The van der Waals surface area contributed by atoms with Crippen LogP contribution in [0, 0.1) is 0 Å². The van der Waals surface area contributed by atoms with Gasteiger partial charge in [-0.15, -0.1) is 0 Å². The monoisotopic (exact) mass is 298 g/mol. The predicted molar refractivity (Wildman–Crippen MR) is 69.4 cm³/mol. The van der Waals surface area contributed by atoms with E-state index in [4.69, 9.17) is 22.3 Å². The lowest BCUT2D eigenvalue weighted by Crippen LogP contribution is -2.23. The van der Waals surface area contributed by atoms with Crippen LogP contribution in [0.15, 0.2) is 4.90 Å². The zero-order valence-electron chi connectivity index (χ0n) is 10.5. The minimum absolute atomic E-state index is 0.0659. The molecule has 0 saturated heterocycles. The standard InChI is InChI=1S/C10H16Cl2N2O2S/c1-6(2)7-8(17(12,15)16)9(11)14(13-7)10(3,4)5/h6H,1-5H3. The van der Waals surface area contributed by atoms with Crippen LogP contribution in [-0.4, -0.2) is 18.2 Å². The summed E-state index contributed by atoms with van der Waals surface area (Å²) in [6.07, 6.45) is 0. The lowest BCUT2D eigenvalue weighted by molar-refractivity contribution is 0.352. The van der Waals surface area contributed by atoms with E-state index in [1.54, 1.807) is 0 Å². The first-order chi connectivity index (χ1) is 7.46. The molecule has 4 nitrogen and oxygen atoms in total. The second-order valence-corrected chi connectivity index (χ2v) is 8.04. The van der Waals surface area contributed by atoms with Gasteiger partial charge >= 0.3 is 0 Å². The summed E-state index contributed by atoms with van der Waals surface area (Å²) >= 11 is 6.08. The van der Waals surface area contributed by atoms with Gasteiger partial charge in [0, 0.05) is 10.7 Å². The van der Waals surface area contributed by atoms with E-state index >= 15 is 0 Å². The first kappa shape index (κ1) is 14.8. The molecule has 0 atom stereocenters. The molecule has 1 rings (SSSR count). The molecule has 0 aliphatic carbocycles. The van der Waals surface area contributed by atoms with Crippen LogP contribution in [0.25, 0.3) is 0 Å². The third-order valence-corrected chi connectivity index (χ3v) is 4.05. The third kappa shape index (κ3) is 2.95. The molecule has 1 aromatic heterocycles. The first-order valence-corrected chi connectivity index (χ1v) is 7.88. The molecule has 0 unspecified atom stereocenters. The van der Waals surface area contributed by atoms with E-state index < -0.39 is 14.6 Å². The van der Waals surface area contributed by atoms with Crippen molar-refractivity contribution in [1.29, 1.82) is 0 Å². The molecule has 0 bridgehead atoms. The zero-order valence-corrected chi connectivity index (χ0v) is 12.8. The van der Waals surface area contributed by atoms with Crippen molar-refractivity contribution < 1.29 is 8.42 Å². The summed E-state index contributed by atoms with van der Waals surface area (Å²) in [6, 6.07) is 0. The lowest BCUT2D eigenvalue weighted by atomic mass is 10.1. The Morgan fingerprint density at radius 1 is 1.29 bits per heavy atom. The van der Waals surface area contributed by atoms with Gasteiger partial charge in [0.15, 0.2) is 0 Å². The molecule has 0 saturated carbocycles. The van der Waals surface area contributed by atoms with Crippen LogP contribution in [0.2, 0.25) is 5.15 Å². The van der Waals surface area contributed by atoms with E-state index in [0.29, 0.717) is 5.69 Å². The van der Waals surface area contributed by atoms with Crippen LogP contribution in [0.5, 0.6) is 0 Å². The molecule has 1 aromatic rings. The van der Waals surface area contributed by atoms with Crippen molar-refractivity contribution in [3.05, 3.63) is 10.8 Å². The Morgan fingerprint density at radius 2 is 1.76 bits per heavy atom. The molecular weight excluding hydrogens is 283 g/mol. The van der Waals surface area contributed by atoms with Crippen molar-refractivity contribution in [2.75, 3.05) is 0 Å². The first-order valence-electron chi connectivity index (χ1n) is 5.19. The van der Waals surface area contributed by atoms with E-state index in [2.05, 4.69) is 5.10 Å². The summed E-state index contributed by atoms with van der Waals surface area (Å²) in [5, 5.41) is 4.33. The highest BCUT2D eigenvalue weighted by Gasteiger charge is 2.31. The van der Waals surface area contributed by atoms with Gasteiger partial charge in [-0.2, -0.15) is 5.10 Å². The Hall–Kier alpha value is -0.260. The lowest BCUT2D eigenvalue weighted by Gasteiger charge is -2.20. The maximum atomic E-state index is 11.5. The summed E-state index contributed by atoms with van der Waals surface area (Å²) in [6.45, 7) is 9.36. The van der Waals surface area contributed by atoms with E-state index in [9.17, 15) is 8.42 Å². The molecule has 0 aliphatic rings. The SMILES string of the molecule is CC(C)c1nn(C(C)(C)C)c(Cl)c1S(=O)(=O)Cl. The second kappa shape index (κ2) is 4.44. The molecule has 1 heterocycles. The van der Waals surface area contributed by atoms with Gasteiger partial charge < -0.3 is 0 Å². The summed E-state index contributed by atoms with van der Waals surface area (Å²) in [5.41, 5.74) is 0.000478. The average molecular weight is 299 g/mol. The summed E-state index contributed by atoms with van der Waals surface area (Å²) < 4.78 is 24.6. The number of aromatic nitrogens is 2. The molecule has 0 spiro atoms. The fourth-order valence-corrected chi connectivity index (χ4v) is 3.53. The van der Waals surface area contributed by atoms with Crippen LogP contribution < -0.4 is 0 Å². The van der Waals surface area contributed by atoms with Crippen molar-refractivity contribution in [2.45, 2.75) is 51.0 Å². The van der Waals surface area contributed by atoms with Gasteiger partial charge in [0.2, 0.25) is 0 Å². The molecule has 0 N–H and O–H groups in total. The summed E-state index contributed by atoms with van der Waals surface area (Å²) in [7, 11) is 1.52. The van der Waals surface area contributed by atoms with Crippen LogP contribution in [0.1, 0.15) is 46.2 Å². The Balaban J connectivity index is 3.65. The van der Waals surface area contributed by atoms with Gasteiger partial charge in [-0.25, -0.2) is 13.1 Å². The fourth-order valence-electron chi connectivity index (χ4n) is 1.45. The fraction of sp³-hybridized carbons (Fsp3) is 0.700. The number of nitrogens with zero attached hydrogens (tertiary/aromatic N) is 2. The molecule has 0 aromatic carbocycles. The van der Waals surface area contributed by atoms with Crippen LogP contribution >= 0.6 is 22.3 Å². The minimum Gasteiger partial charge on any atom is -0.247 e. The highest BCUT2D eigenvalue weighted by atomic mass is 35.7. The van der Waals surface area contributed by atoms with Gasteiger partial charge in [-0.1, -0.05) is 25.4 Å². The molecule has 98 valence electrons. The van der Waals surface area contributed by atoms with Gasteiger partial charge in [0.1, 0.15) is 10.0 Å². The topological polar surface area (TPSA) is 52.0 Å². The van der Waals surface area contributed by atoms with Gasteiger partial charge in [0.05, 0.1) is 11.2 Å². The van der Waals surface area contributed by atoms with Crippen molar-refractivity contribution in [3.8, 4) is 0 Å². The number of rotatable bonds is 2. The van der Waals surface area contributed by atoms with Crippen LogP contribution in [0.3, 0.4) is 0 Å². The maximum Gasteiger partial charge on any atom is 0.266 e. The van der Waals surface area contributed by atoms with E-state index in [-0.39, 0.29) is 16.0 Å². The van der Waals surface area contributed by atoms with Crippen LogP contribution in [0.4, 0.5) is 0 Å². The highest BCUT2D eigenvalue weighted by molar-refractivity contribution is 8.13. The maximum absolute atomic E-state index is 11.5. The Labute approximate surface area is 111 Å². The Morgan fingerprint density at radius 3 is 2.00 bits per heavy atom. The summed E-state index contributed by atoms with van der Waals surface area (Å²) in [5.74, 6) is -0.0698. The second-order valence-electron chi connectivity index (χ2n) is 5.18. The molecule has 0 fully saturated rings. The van der Waals surface area contributed by atoms with Crippen LogP contribution in [-0.2, 0) is 14.6 Å². The Bertz CT molecular complexity index is 527. The van der Waals surface area contributed by atoms with Crippen molar-refractivity contribution in [2.24, 2.45) is 0 Å². The van der Waals surface area contributed by atoms with Gasteiger partial charge in [-0.3, -0.25) is 0 Å².